The van der Waals surface area contributed by atoms with Crippen molar-refractivity contribution < 1.29 is 0 Å². The van der Waals surface area contributed by atoms with E-state index in [1.807, 2.05) is 0 Å². The minimum atomic E-state index is 0.669. The summed E-state index contributed by atoms with van der Waals surface area (Å²) >= 11 is 0. The number of hydrogen-bond acceptors (Lipinski definition) is 3. The highest BCUT2D eigenvalue weighted by Crippen LogP contribution is 2.21. The lowest BCUT2D eigenvalue weighted by molar-refractivity contribution is 0.0558. The summed E-state index contributed by atoms with van der Waals surface area (Å²) in [6, 6.07) is 0.669. The van der Waals surface area contributed by atoms with Crippen molar-refractivity contribution in [2.24, 2.45) is 0 Å². The van der Waals surface area contributed by atoms with Crippen LogP contribution in [0.2, 0.25) is 0 Å². The summed E-state index contributed by atoms with van der Waals surface area (Å²) in [5.74, 6) is 0. The molecule has 2 aliphatic heterocycles. The maximum atomic E-state index is 3.51. The van der Waals surface area contributed by atoms with Gasteiger partial charge in [-0.3, -0.25) is 9.80 Å². The summed E-state index contributed by atoms with van der Waals surface area (Å²) in [5, 5.41) is 3.51. The molecule has 0 saturated carbocycles. The van der Waals surface area contributed by atoms with Crippen LogP contribution in [0.25, 0.3) is 0 Å². The molecule has 0 aliphatic carbocycles. The van der Waals surface area contributed by atoms with Gasteiger partial charge in [-0.25, -0.2) is 0 Å². The second kappa shape index (κ2) is 4.60. The lowest BCUT2D eigenvalue weighted by atomic mass is 10.2. The molecule has 1 N–H and O–H groups in total. The van der Waals surface area contributed by atoms with Crippen LogP contribution in [0.4, 0.5) is 0 Å². The molecular weight excluding hydrogens is 174 g/mol. The third kappa shape index (κ3) is 2.10. The molecule has 2 atom stereocenters. The van der Waals surface area contributed by atoms with E-state index in [9.17, 15) is 0 Å². The molecule has 0 aromatic carbocycles. The Hall–Kier alpha value is -0.120. The molecule has 0 aromatic heterocycles. The van der Waals surface area contributed by atoms with Gasteiger partial charge < -0.3 is 5.32 Å². The minimum Gasteiger partial charge on any atom is -0.312 e. The molecule has 14 heavy (non-hydrogen) atoms. The quantitative estimate of drug-likeness (QED) is 0.704. The van der Waals surface area contributed by atoms with Gasteiger partial charge in [0.25, 0.3) is 0 Å². The van der Waals surface area contributed by atoms with Crippen molar-refractivity contribution >= 4 is 0 Å². The van der Waals surface area contributed by atoms with Gasteiger partial charge in [0, 0.05) is 25.7 Å². The topological polar surface area (TPSA) is 18.5 Å². The maximum absolute atomic E-state index is 3.51. The van der Waals surface area contributed by atoms with Crippen molar-refractivity contribution in [2.45, 2.75) is 38.9 Å². The van der Waals surface area contributed by atoms with E-state index >= 15 is 0 Å². The molecule has 2 heterocycles. The van der Waals surface area contributed by atoms with Crippen LogP contribution in [0.1, 0.15) is 26.7 Å². The fourth-order valence-corrected chi connectivity index (χ4v) is 2.82. The van der Waals surface area contributed by atoms with E-state index in [1.54, 1.807) is 0 Å². The van der Waals surface area contributed by atoms with Crippen LogP contribution in [-0.2, 0) is 0 Å². The van der Waals surface area contributed by atoms with Gasteiger partial charge in [-0.15, -0.1) is 0 Å². The predicted molar refractivity (Wildman–Crippen MR) is 59.3 cm³/mol. The highest BCUT2D eigenvalue weighted by Gasteiger charge is 2.30. The first-order chi connectivity index (χ1) is 6.81. The number of nitrogens with one attached hydrogen (secondary N) is 1. The van der Waals surface area contributed by atoms with E-state index in [4.69, 9.17) is 0 Å². The van der Waals surface area contributed by atoms with Crippen LogP contribution in [0.5, 0.6) is 0 Å². The van der Waals surface area contributed by atoms with Crippen molar-refractivity contribution in [1.82, 2.24) is 15.1 Å². The molecule has 2 fully saturated rings. The predicted octanol–water partition coefficient (Wildman–Crippen LogP) is 0.722. The van der Waals surface area contributed by atoms with Crippen LogP contribution < -0.4 is 5.32 Å². The third-order valence-electron chi connectivity index (χ3n) is 3.56. The van der Waals surface area contributed by atoms with Gasteiger partial charge in [-0.2, -0.15) is 0 Å². The van der Waals surface area contributed by atoms with Gasteiger partial charge in [0.15, 0.2) is 0 Å². The average molecular weight is 197 g/mol. The number of piperazine rings is 1. The lowest BCUT2D eigenvalue weighted by Crippen LogP contribution is -2.56. The van der Waals surface area contributed by atoms with Gasteiger partial charge in [0.2, 0.25) is 0 Å². The fourth-order valence-electron chi connectivity index (χ4n) is 2.82. The summed E-state index contributed by atoms with van der Waals surface area (Å²) in [5.41, 5.74) is 0. The van der Waals surface area contributed by atoms with Crippen molar-refractivity contribution in [3.8, 4) is 0 Å². The summed E-state index contributed by atoms with van der Waals surface area (Å²) in [6.45, 7) is 10.7. The Balaban J connectivity index is 1.92. The third-order valence-corrected chi connectivity index (χ3v) is 3.56. The molecule has 2 saturated heterocycles. The summed E-state index contributed by atoms with van der Waals surface area (Å²) in [4.78, 5) is 5.29. The highest BCUT2D eigenvalue weighted by atomic mass is 15.4. The number of likely N-dealkylation sites (tertiary alicyclic amines) is 1. The number of hydrogen-bond donors (Lipinski definition) is 1. The number of rotatable bonds is 2. The summed E-state index contributed by atoms with van der Waals surface area (Å²) in [6.07, 6.45) is 3.50. The zero-order chi connectivity index (χ0) is 9.97. The van der Waals surface area contributed by atoms with Gasteiger partial charge >= 0.3 is 0 Å². The molecule has 2 unspecified atom stereocenters. The first-order valence-electron chi connectivity index (χ1n) is 6.02. The SMILES string of the molecule is CCN1CCCC1N1CCNC(C)C1. The molecule has 2 aliphatic rings. The van der Waals surface area contributed by atoms with Crippen molar-refractivity contribution in [3.63, 3.8) is 0 Å². The van der Waals surface area contributed by atoms with E-state index in [2.05, 4.69) is 29.0 Å². The molecule has 2 rings (SSSR count). The second-order valence-corrected chi connectivity index (χ2v) is 4.60. The smallest absolute Gasteiger partial charge is 0.0623 e. The molecular formula is C11H23N3. The Morgan fingerprint density at radius 1 is 1.36 bits per heavy atom. The summed E-state index contributed by atoms with van der Waals surface area (Å²) < 4.78 is 0. The molecule has 3 heteroatoms. The Morgan fingerprint density at radius 3 is 2.93 bits per heavy atom. The molecule has 0 aromatic rings. The Kier molecular flexibility index (Phi) is 3.42. The molecule has 0 radical (unpaired) electrons. The fraction of sp³-hybridized carbons (Fsp3) is 1.00. The Labute approximate surface area is 87.4 Å². The minimum absolute atomic E-state index is 0.669. The summed E-state index contributed by atoms with van der Waals surface area (Å²) in [7, 11) is 0. The van der Waals surface area contributed by atoms with Crippen LogP contribution >= 0.6 is 0 Å². The Bertz CT molecular complexity index is 183. The largest absolute Gasteiger partial charge is 0.312 e. The van der Waals surface area contributed by atoms with Crippen molar-refractivity contribution in [1.29, 1.82) is 0 Å². The van der Waals surface area contributed by atoms with Crippen molar-refractivity contribution in [2.75, 3.05) is 32.7 Å². The molecule has 3 nitrogen and oxygen atoms in total. The van der Waals surface area contributed by atoms with Gasteiger partial charge in [-0.1, -0.05) is 6.92 Å². The maximum Gasteiger partial charge on any atom is 0.0623 e. The van der Waals surface area contributed by atoms with Crippen LogP contribution in [0.3, 0.4) is 0 Å². The van der Waals surface area contributed by atoms with Crippen LogP contribution in [0.15, 0.2) is 0 Å². The molecule has 82 valence electrons. The molecule has 0 amide bonds. The van der Waals surface area contributed by atoms with Crippen molar-refractivity contribution in [3.05, 3.63) is 0 Å². The Morgan fingerprint density at radius 2 is 2.21 bits per heavy atom. The van der Waals surface area contributed by atoms with Crippen LogP contribution in [-0.4, -0.2) is 54.7 Å². The van der Waals surface area contributed by atoms with E-state index < -0.39 is 0 Å². The molecule has 0 spiro atoms. The molecule has 0 bridgehead atoms. The van der Waals surface area contributed by atoms with Crippen LogP contribution in [0, 0.1) is 0 Å². The van der Waals surface area contributed by atoms with E-state index in [1.165, 1.54) is 39.0 Å². The first-order valence-corrected chi connectivity index (χ1v) is 6.02. The average Bonchev–Trinajstić information content (AvgIpc) is 2.65. The van der Waals surface area contributed by atoms with Gasteiger partial charge in [-0.05, 0) is 32.9 Å². The van der Waals surface area contributed by atoms with Gasteiger partial charge in [0.1, 0.15) is 0 Å². The highest BCUT2D eigenvalue weighted by molar-refractivity contribution is 4.84. The van der Waals surface area contributed by atoms with Gasteiger partial charge in [0.05, 0.1) is 6.17 Å². The van der Waals surface area contributed by atoms with E-state index in [-0.39, 0.29) is 0 Å². The monoisotopic (exact) mass is 197 g/mol. The zero-order valence-electron chi connectivity index (χ0n) is 9.50. The second-order valence-electron chi connectivity index (χ2n) is 4.60. The normalized spacial score (nSPS) is 36.4. The van der Waals surface area contributed by atoms with E-state index in [0.717, 1.165) is 12.7 Å². The standard InChI is InChI=1S/C11H23N3/c1-3-13-7-4-5-11(13)14-8-6-12-10(2)9-14/h10-12H,3-9H2,1-2H3. The first kappa shape index (κ1) is 10.4. The lowest BCUT2D eigenvalue weighted by Gasteiger charge is -2.39. The zero-order valence-corrected chi connectivity index (χ0v) is 9.50. The van der Waals surface area contributed by atoms with E-state index in [0.29, 0.717) is 6.04 Å². The number of nitrogens with zero attached hydrogens (tertiary/aromatic N) is 2.